The Morgan fingerprint density at radius 3 is 2.61 bits per heavy atom. The van der Waals surface area contributed by atoms with E-state index in [1.807, 2.05) is 38.1 Å². The first kappa shape index (κ1) is 25.6. The van der Waals surface area contributed by atoms with Crippen molar-refractivity contribution in [2.75, 3.05) is 6.61 Å². The molecule has 2 amide bonds. The molecule has 1 saturated carbocycles. The van der Waals surface area contributed by atoms with E-state index in [9.17, 15) is 9.59 Å². The summed E-state index contributed by atoms with van der Waals surface area (Å²) in [6, 6.07) is 12.8. The molecule has 1 atom stereocenters. The van der Waals surface area contributed by atoms with E-state index in [0.717, 1.165) is 36.8 Å². The lowest BCUT2D eigenvalue weighted by atomic mass is 9.95. The smallest absolute Gasteiger partial charge is 0.261 e. The Hall–Kier alpha value is -2.05. The summed E-state index contributed by atoms with van der Waals surface area (Å²) in [5.41, 5.74) is 2.10. The molecule has 3 rings (SSSR count). The van der Waals surface area contributed by atoms with Gasteiger partial charge in [0.2, 0.25) is 5.91 Å². The third kappa shape index (κ3) is 7.47. The summed E-state index contributed by atoms with van der Waals surface area (Å²) in [4.78, 5) is 28.3. The number of aryl methyl sites for hydroxylation is 1. The van der Waals surface area contributed by atoms with Crippen LogP contribution < -0.4 is 10.1 Å². The van der Waals surface area contributed by atoms with Crippen LogP contribution in [0, 0.1) is 6.92 Å². The minimum absolute atomic E-state index is 0.0851. The van der Waals surface area contributed by atoms with Crippen LogP contribution in [0.25, 0.3) is 0 Å². The molecule has 178 valence electrons. The van der Waals surface area contributed by atoms with Gasteiger partial charge in [-0.1, -0.05) is 67.6 Å². The predicted molar refractivity (Wildman–Crippen MR) is 135 cm³/mol. The minimum Gasteiger partial charge on any atom is -0.483 e. The van der Waals surface area contributed by atoms with Gasteiger partial charge in [0, 0.05) is 17.6 Å². The van der Waals surface area contributed by atoms with Crippen molar-refractivity contribution in [1.29, 1.82) is 0 Å². The summed E-state index contributed by atoms with van der Waals surface area (Å²) in [6.45, 7) is 4.14. The van der Waals surface area contributed by atoms with Gasteiger partial charge in [-0.3, -0.25) is 9.59 Å². The van der Waals surface area contributed by atoms with Gasteiger partial charge in [0.15, 0.2) is 6.61 Å². The Bertz CT molecular complexity index is 962. The number of ether oxygens (including phenoxy) is 1. The average molecular weight is 536 g/mol. The van der Waals surface area contributed by atoms with Gasteiger partial charge in [0.25, 0.3) is 5.91 Å². The lowest BCUT2D eigenvalue weighted by Gasteiger charge is -2.32. The van der Waals surface area contributed by atoms with Crippen molar-refractivity contribution < 1.29 is 14.3 Å². The van der Waals surface area contributed by atoms with Crippen LogP contribution in [-0.4, -0.2) is 35.4 Å². The van der Waals surface area contributed by atoms with Crippen LogP contribution in [0.2, 0.25) is 5.02 Å². The largest absolute Gasteiger partial charge is 0.483 e. The van der Waals surface area contributed by atoms with E-state index in [1.165, 1.54) is 6.42 Å². The normalized spacial score (nSPS) is 15.0. The number of benzene rings is 2. The number of hydrogen-bond acceptors (Lipinski definition) is 3. The van der Waals surface area contributed by atoms with Gasteiger partial charge in [-0.2, -0.15) is 0 Å². The van der Waals surface area contributed by atoms with Gasteiger partial charge in [0.1, 0.15) is 11.8 Å². The second kappa shape index (κ2) is 12.4. The zero-order chi connectivity index (χ0) is 23.8. The number of carbonyl (C=O) groups excluding carboxylic acids is 2. The molecular weight excluding hydrogens is 504 g/mol. The molecule has 1 aliphatic rings. The van der Waals surface area contributed by atoms with Crippen LogP contribution in [0.3, 0.4) is 0 Å². The molecule has 0 aliphatic heterocycles. The third-order valence-corrected chi connectivity index (χ3v) is 6.87. The van der Waals surface area contributed by atoms with Crippen molar-refractivity contribution in [3.63, 3.8) is 0 Å². The molecule has 0 spiro atoms. The summed E-state index contributed by atoms with van der Waals surface area (Å²) in [5, 5.41) is 3.77. The van der Waals surface area contributed by atoms with E-state index in [-0.39, 0.29) is 24.5 Å². The molecule has 0 aromatic heterocycles. The Labute approximate surface area is 210 Å². The molecule has 2 aromatic carbocycles. The van der Waals surface area contributed by atoms with E-state index < -0.39 is 6.04 Å². The van der Waals surface area contributed by atoms with Gasteiger partial charge in [-0.15, -0.1) is 0 Å². The second-order valence-corrected chi connectivity index (χ2v) is 9.93. The van der Waals surface area contributed by atoms with Crippen molar-refractivity contribution in [2.45, 2.75) is 71.0 Å². The molecule has 1 N–H and O–H groups in total. The maximum atomic E-state index is 13.4. The summed E-state index contributed by atoms with van der Waals surface area (Å²) in [7, 11) is 0. The maximum absolute atomic E-state index is 13.4. The lowest BCUT2D eigenvalue weighted by molar-refractivity contribution is -0.143. The first-order chi connectivity index (χ1) is 15.9. The topological polar surface area (TPSA) is 58.6 Å². The van der Waals surface area contributed by atoms with Crippen molar-refractivity contribution >= 4 is 39.3 Å². The standard InChI is InChI=1S/C26H32BrClN2O3/c1-3-23(26(32)29-21-10-5-4-6-11-21)30(16-19-9-7-8-18(2)14-19)25(31)17-33-24-13-12-20(28)15-22(24)27/h7-9,12-15,21,23H,3-6,10-11,16-17H2,1-2H3,(H,29,32)/t23-/m0/s1. The third-order valence-electron chi connectivity index (χ3n) is 6.02. The van der Waals surface area contributed by atoms with Crippen LogP contribution in [0.5, 0.6) is 5.75 Å². The Balaban J connectivity index is 1.77. The van der Waals surface area contributed by atoms with E-state index in [4.69, 9.17) is 16.3 Å². The molecule has 7 heteroatoms. The number of nitrogens with one attached hydrogen (secondary N) is 1. The van der Waals surface area contributed by atoms with Crippen molar-refractivity contribution in [1.82, 2.24) is 10.2 Å². The van der Waals surface area contributed by atoms with Crippen LogP contribution in [0.1, 0.15) is 56.6 Å². The quantitative estimate of drug-likeness (QED) is 0.425. The average Bonchev–Trinajstić information content (AvgIpc) is 2.79. The van der Waals surface area contributed by atoms with E-state index in [0.29, 0.717) is 28.2 Å². The van der Waals surface area contributed by atoms with Gasteiger partial charge >= 0.3 is 0 Å². The zero-order valence-electron chi connectivity index (χ0n) is 19.3. The highest BCUT2D eigenvalue weighted by molar-refractivity contribution is 9.10. The molecule has 1 fully saturated rings. The second-order valence-electron chi connectivity index (χ2n) is 8.64. The SMILES string of the molecule is CC[C@@H](C(=O)NC1CCCCC1)N(Cc1cccc(C)c1)C(=O)COc1ccc(Cl)cc1Br. The summed E-state index contributed by atoms with van der Waals surface area (Å²) >= 11 is 9.42. The van der Waals surface area contributed by atoms with Gasteiger partial charge in [0.05, 0.1) is 4.47 Å². The Kier molecular flexibility index (Phi) is 9.63. The van der Waals surface area contributed by atoms with E-state index >= 15 is 0 Å². The fourth-order valence-electron chi connectivity index (χ4n) is 4.29. The molecule has 0 bridgehead atoms. The first-order valence-corrected chi connectivity index (χ1v) is 12.8. The fraction of sp³-hybridized carbons (Fsp3) is 0.462. The van der Waals surface area contributed by atoms with Crippen molar-refractivity contribution in [3.8, 4) is 5.75 Å². The summed E-state index contributed by atoms with van der Waals surface area (Å²) in [5.74, 6) is 0.213. The maximum Gasteiger partial charge on any atom is 0.261 e. The van der Waals surface area contributed by atoms with E-state index in [1.54, 1.807) is 23.1 Å². The number of hydrogen-bond donors (Lipinski definition) is 1. The fourth-order valence-corrected chi connectivity index (χ4v) is 5.08. The highest BCUT2D eigenvalue weighted by atomic mass is 79.9. The van der Waals surface area contributed by atoms with Crippen LogP contribution in [-0.2, 0) is 16.1 Å². The summed E-state index contributed by atoms with van der Waals surface area (Å²) in [6.07, 6.45) is 6.03. The highest BCUT2D eigenvalue weighted by Crippen LogP contribution is 2.28. The Morgan fingerprint density at radius 2 is 1.94 bits per heavy atom. The van der Waals surface area contributed by atoms with Crippen molar-refractivity contribution in [2.24, 2.45) is 0 Å². The van der Waals surface area contributed by atoms with Crippen molar-refractivity contribution in [3.05, 3.63) is 63.1 Å². The number of rotatable bonds is 9. The van der Waals surface area contributed by atoms with Crippen LogP contribution in [0.4, 0.5) is 0 Å². The molecule has 0 heterocycles. The highest BCUT2D eigenvalue weighted by Gasteiger charge is 2.30. The molecule has 33 heavy (non-hydrogen) atoms. The molecule has 2 aromatic rings. The van der Waals surface area contributed by atoms with Crippen LogP contribution >= 0.6 is 27.5 Å². The first-order valence-electron chi connectivity index (χ1n) is 11.6. The monoisotopic (exact) mass is 534 g/mol. The molecule has 0 radical (unpaired) electrons. The molecule has 0 saturated heterocycles. The molecule has 1 aliphatic carbocycles. The van der Waals surface area contributed by atoms with Crippen LogP contribution in [0.15, 0.2) is 46.9 Å². The molecule has 5 nitrogen and oxygen atoms in total. The Morgan fingerprint density at radius 1 is 1.18 bits per heavy atom. The number of carbonyl (C=O) groups is 2. The minimum atomic E-state index is -0.558. The van der Waals surface area contributed by atoms with Gasteiger partial charge in [-0.25, -0.2) is 0 Å². The van der Waals surface area contributed by atoms with E-state index in [2.05, 4.69) is 21.2 Å². The lowest BCUT2D eigenvalue weighted by Crippen LogP contribution is -2.52. The molecular formula is C26H32BrClN2O3. The number of halogens is 2. The van der Waals surface area contributed by atoms with Gasteiger partial charge < -0.3 is 15.0 Å². The predicted octanol–water partition coefficient (Wildman–Crippen LogP) is 6.05. The zero-order valence-corrected chi connectivity index (χ0v) is 21.6. The number of amides is 2. The van der Waals surface area contributed by atoms with Gasteiger partial charge in [-0.05, 0) is 65.9 Å². The summed E-state index contributed by atoms with van der Waals surface area (Å²) < 4.78 is 6.47. The number of nitrogens with zero attached hydrogens (tertiary/aromatic N) is 1. The molecule has 0 unspecified atom stereocenters.